The number of aliphatic hydroxyl groups excluding tert-OH is 1. The number of aliphatic hydroxyl groups is 1. The smallest absolute Gasteiger partial charge is 0.282 e. The third kappa shape index (κ3) is 4.30. The highest BCUT2D eigenvalue weighted by atomic mass is 19.3. The first-order chi connectivity index (χ1) is 8.34. The maximum Gasteiger partial charge on any atom is 0.282 e. The highest BCUT2D eigenvalue weighted by Crippen LogP contribution is 2.16. The number of nitro benzene ring substituents is 1. The Morgan fingerprint density at radius 2 is 2.06 bits per heavy atom. The number of benzene rings is 1. The normalized spacial score (nSPS) is 11.6. The maximum absolute atomic E-state index is 13.0. The van der Waals surface area contributed by atoms with Crippen LogP contribution in [0.25, 0.3) is 0 Å². The molecule has 0 aliphatic rings. The highest BCUT2D eigenvalue weighted by molar-refractivity contribution is 5.35. The van der Waals surface area contributed by atoms with E-state index >= 15 is 0 Å². The first kappa shape index (κ1) is 14.4. The van der Waals surface area contributed by atoms with Crippen molar-refractivity contribution < 1.29 is 23.2 Å². The van der Waals surface area contributed by atoms with Gasteiger partial charge in [-0.25, -0.2) is 13.2 Å². The summed E-state index contributed by atoms with van der Waals surface area (Å²) in [6, 6.07) is 2.84. The molecular formula is C10H11F3N2O3. The lowest BCUT2D eigenvalue weighted by molar-refractivity contribution is -0.385. The van der Waals surface area contributed by atoms with Gasteiger partial charge in [-0.15, -0.1) is 0 Å². The molecule has 1 rings (SSSR count). The largest absolute Gasteiger partial charge is 0.390 e. The lowest BCUT2D eigenvalue weighted by atomic mass is 10.2. The fraction of sp³-hybridized carbons (Fsp3) is 0.400. The van der Waals surface area contributed by atoms with Gasteiger partial charge in [0.2, 0.25) is 0 Å². The van der Waals surface area contributed by atoms with Gasteiger partial charge in [-0.2, -0.15) is 0 Å². The first-order valence-electron chi connectivity index (χ1n) is 4.97. The van der Waals surface area contributed by atoms with Crippen LogP contribution in [0.5, 0.6) is 0 Å². The van der Waals surface area contributed by atoms with Crippen molar-refractivity contribution in [1.82, 2.24) is 5.32 Å². The Hall–Kier alpha value is -1.67. The van der Waals surface area contributed by atoms with E-state index in [0.29, 0.717) is 0 Å². The predicted molar refractivity (Wildman–Crippen MR) is 56.8 cm³/mol. The topological polar surface area (TPSA) is 75.4 Å². The average molecular weight is 264 g/mol. The van der Waals surface area contributed by atoms with E-state index in [2.05, 4.69) is 5.32 Å². The number of halogens is 3. The Morgan fingerprint density at radius 3 is 2.61 bits per heavy atom. The predicted octanol–water partition coefficient (Wildman–Crippen LogP) is 1.45. The van der Waals surface area contributed by atoms with Crippen molar-refractivity contribution in [3.8, 4) is 0 Å². The van der Waals surface area contributed by atoms with Gasteiger partial charge in [-0.1, -0.05) is 0 Å². The molecule has 0 aliphatic heterocycles. The monoisotopic (exact) mass is 264 g/mol. The van der Waals surface area contributed by atoms with Gasteiger partial charge in [0.15, 0.2) is 0 Å². The number of nitrogens with zero attached hydrogens (tertiary/aromatic N) is 1. The standard InChI is InChI=1S/C10H11F3N2O3/c11-8-1-7(2-9(3-8)15(17)18)4-14-5-10(12,13)6-16/h1-3,14,16H,4-6H2. The number of nitrogens with one attached hydrogen (secondary N) is 1. The molecule has 0 radical (unpaired) electrons. The van der Waals surface area contributed by atoms with Crippen molar-refractivity contribution in [2.75, 3.05) is 13.2 Å². The van der Waals surface area contributed by atoms with E-state index in [4.69, 9.17) is 5.11 Å². The zero-order valence-corrected chi connectivity index (χ0v) is 9.20. The zero-order chi connectivity index (χ0) is 13.8. The van der Waals surface area contributed by atoms with Crippen LogP contribution in [0, 0.1) is 15.9 Å². The van der Waals surface area contributed by atoms with Gasteiger partial charge in [0.25, 0.3) is 11.6 Å². The van der Waals surface area contributed by atoms with Gasteiger partial charge in [0.1, 0.15) is 12.4 Å². The summed E-state index contributed by atoms with van der Waals surface area (Å²) in [5.41, 5.74) is -0.267. The summed E-state index contributed by atoms with van der Waals surface area (Å²) in [6.45, 7) is -2.26. The fourth-order valence-electron chi connectivity index (χ4n) is 1.29. The third-order valence-corrected chi connectivity index (χ3v) is 2.10. The third-order valence-electron chi connectivity index (χ3n) is 2.10. The highest BCUT2D eigenvalue weighted by Gasteiger charge is 2.26. The lowest BCUT2D eigenvalue weighted by Gasteiger charge is -2.13. The van der Waals surface area contributed by atoms with E-state index < -0.39 is 35.5 Å². The molecule has 0 amide bonds. The Balaban J connectivity index is 2.65. The second-order valence-corrected chi connectivity index (χ2v) is 3.69. The molecule has 100 valence electrons. The SMILES string of the molecule is O=[N+]([O-])c1cc(F)cc(CNCC(F)(F)CO)c1. The van der Waals surface area contributed by atoms with Crippen LogP contribution in [-0.4, -0.2) is 29.1 Å². The Morgan fingerprint density at radius 1 is 1.39 bits per heavy atom. The molecule has 8 heteroatoms. The van der Waals surface area contributed by atoms with Gasteiger partial charge in [-0.3, -0.25) is 10.1 Å². The Kier molecular flexibility index (Phi) is 4.62. The lowest BCUT2D eigenvalue weighted by Crippen LogP contribution is -2.35. The quantitative estimate of drug-likeness (QED) is 0.602. The van der Waals surface area contributed by atoms with E-state index in [1.165, 1.54) is 0 Å². The zero-order valence-electron chi connectivity index (χ0n) is 9.20. The van der Waals surface area contributed by atoms with E-state index in [9.17, 15) is 23.3 Å². The second-order valence-electron chi connectivity index (χ2n) is 3.69. The van der Waals surface area contributed by atoms with E-state index in [1.807, 2.05) is 0 Å². The molecule has 5 nitrogen and oxygen atoms in total. The summed E-state index contributed by atoms with van der Waals surface area (Å²) in [6.07, 6.45) is 0. The van der Waals surface area contributed by atoms with Crippen molar-refractivity contribution in [3.63, 3.8) is 0 Å². The van der Waals surface area contributed by atoms with Gasteiger partial charge >= 0.3 is 0 Å². The number of alkyl halides is 2. The van der Waals surface area contributed by atoms with Gasteiger partial charge in [0, 0.05) is 12.6 Å². The van der Waals surface area contributed by atoms with Crippen molar-refractivity contribution >= 4 is 5.69 Å². The molecule has 2 N–H and O–H groups in total. The van der Waals surface area contributed by atoms with E-state index in [0.717, 1.165) is 18.2 Å². The maximum atomic E-state index is 13.0. The molecule has 1 aromatic rings. The van der Waals surface area contributed by atoms with E-state index in [-0.39, 0.29) is 12.1 Å². The van der Waals surface area contributed by atoms with Crippen molar-refractivity contribution in [2.24, 2.45) is 0 Å². The first-order valence-corrected chi connectivity index (χ1v) is 4.97. The minimum Gasteiger partial charge on any atom is -0.390 e. The van der Waals surface area contributed by atoms with Crippen LogP contribution in [0.1, 0.15) is 5.56 Å². The summed E-state index contributed by atoms with van der Waals surface area (Å²) in [7, 11) is 0. The minimum absolute atomic E-state index is 0.159. The van der Waals surface area contributed by atoms with Crippen LogP contribution in [0.15, 0.2) is 18.2 Å². The minimum atomic E-state index is -3.28. The van der Waals surface area contributed by atoms with Crippen LogP contribution in [0.3, 0.4) is 0 Å². The summed E-state index contributed by atoms with van der Waals surface area (Å²) < 4.78 is 38.3. The molecular weight excluding hydrogens is 253 g/mol. The molecule has 0 heterocycles. The molecule has 0 aliphatic carbocycles. The van der Waals surface area contributed by atoms with Crippen LogP contribution in [0.2, 0.25) is 0 Å². The van der Waals surface area contributed by atoms with Crippen LogP contribution >= 0.6 is 0 Å². The van der Waals surface area contributed by atoms with Crippen molar-refractivity contribution in [2.45, 2.75) is 12.5 Å². The number of non-ortho nitro benzene ring substituents is 1. The molecule has 0 spiro atoms. The van der Waals surface area contributed by atoms with E-state index in [1.54, 1.807) is 0 Å². The summed E-state index contributed by atoms with van der Waals surface area (Å²) in [5.74, 6) is -4.09. The number of nitro groups is 1. The summed E-state index contributed by atoms with van der Waals surface area (Å²) in [4.78, 5) is 9.68. The fourth-order valence-corrected chi connectivity index (χ4v) is 1.29. The molecule has 0 fully saturated rings. The number of rotatable bonds is 6. The van der Waals surface area contributed by atoms with Gasteiger partial charge < -0.3 is 10.4 Å². The van der Waals surface area contributed by atoms with Crippen molar-refractivity contribution in [1.29, 1.82) is 0 Å². The molecule has 0 aromatic heterocycles. The molecule has 0 bridgehead atoms. The molecule has 1 aromatic carbocycles. The van der Waals surface area contributed by atoms with Crippen LogP contribution in [0.4, 0.5) is 18.9 Å². The van der Waals surface area contributed by atoms with Crippen LogP contribution < -0.4 is 5.32 Å². The molecule has 0 unspecified atom stereocenters. The molecule has 0 saturated heterocycles. The molecule has 18 heavy (non-hydrogen) atoms. The summed E-state index contributed by atoms with van der Waals surface area (Å²) in [5, 5.41) is 21.1. The van der Waals surface area contributed by atoms with Gasteiger partial charge in [0.05, 0.1) is 17.5 Å². The number of hydrogen-bond donors (Lipinski definition) is 2. The number of hydrogen-bond acceptors (Lipinski definition) is 4. The molecule has 0 atom stereocenters. The second kappa shape index (κ2) is 5.78. The van der Waals surface area contributed by atoms with Gasteiger partial charge in [-0.05, 0) is 11.6 Å². The van der Waals surface area contributed by atoms with Crippen LogP contribution in [-0.2, 0) is 6.54 Å². The average Bonchev–Trinajstić information content (AvgIpc) is 2.28. The summed E-state index contributed by atoms with van der Waals surface area (Å²) >= 11 is 0. The Labute approximate surface area is 100 Å². The Bertz CT molecular complexity index is 440. The molecule has 0 saturated carbocycles. The van der Waals surface area contributed by atoms with Crippen molar-refractivity contribution in [3.05, 3.63) is 39.7 Å².